The fourth-order valence-corrected chi connectivity index (χ4v) is 3.42. The van der Waals surface area contributed by atoms with Crippen LogP contribution in [0.5, 0.6) is 5.75 Å². The molecule has 0 aliphatic carbocycles. The van der Waals surface area contributed by atoms with Crippen molar-refractivity contribution in [2.75, 3.05) is 20.8 Å². The zero-order valence-corrected chi connectivity index (χ0v) is 17.4. The maximum Gasteiger partial charge on any atom is 0.407 e. The van der Waals surface area contributed by atoms with E-state index in [4.69, 9.17) is 15.6 Å². The normalized spacial score (nSPS) is 12.9. The van der Waals surface area contributed by atoms with Gasteiger partial charge in [-0.2, -0.15) is 0 Å². The van der Waals surface area contributed by atoms with Crippen LogP contribution in [0.25, 0.3) is 10.2 Å². The first kappa shape index (κ1) is 19.9. The molecule has 0 unspecified atom stereocenters. The zero-order valence-electron chi connectivity index (χ0n) is 17.6. The second-order valence-electron chi connectivity index (χ2n) is 6.87. The number of rotatable bonds is 6. The van der Waals surface area contributed by atoms with E-state index in [1.165, 1.54) is 25.6 Å². The topological polar surface area (TPSA) is 103 Å². The highest BCUT2D eigenvalue weighted by atomic mass is 32.1. The molecule has 0 fully saturated rings. The lowest BCUT2D eigenvalue weighted by molar-refractivity contribution is 0.0532. The number of aromatic nitrogens is 1. The Kier molecular flexibility index (Phi) is 6.35. The molecule has 1 aromatic heterocycles. The number of amides is 1. The smallest absolute Gasteiger partial charge is 0.407 e. The number of methoxy groups -OCH3 is 2. The molecule has 1 aromatic carbocycles. The van der Waals surface area contributed by atoms with Crippen molar-refractivity contribution in [3.05, 3.63) is 34.6 Å². The molecule has 1 amide bonds. The third-order valence-electron chi connectivity index (χ3n) is 3.60. The molecule has 0 atom stereocenters. The summed E-state index contributed by atoms with van der Waals surface area (Å²) in [5.74, 6) is 0.0111. The first-order chi connectivity index (χ1) is 13.7. The Hall–Kier alpha value is -2.81. The highest BCUT2D eigenvalue weighted by molar-refractivity contribution is 7.16. The molecule has 1 heterocycles. The van der Waals surface area contributed by atoms with E-state index in [9.17, 15) is 9.59 Å². The summed E-state index contributed by atoms with van der Waals surface area (Å²) in [6.07, 6.45) is 3.13. The summed E-state index contributed by atoms with van der Waals surface area (Å²) >= 11 is 1.27. The first-order valence-electron chi connectivity index (χ1n) is 9.04. The van der Waals surface area contributed by atoms with Gasteiger partial charge < -0.3 is 24.1 Å². The van der Waals surface area contributed by atoms with Gasteiger partial charge in [-0.25, -0.2) is 9.59 Å². The average molecular weight is 407 g/mol. The van der Waals surface area contributed by atoms with Crippen LogP contribution >= 0.6 is 11.3 Å². The summed E-state index contributed by atoms with van der Waals surface area (Å²) in [6.45, 7) is 6.10. The van der Waals surface area contributed by atoms with E-state index in [0.717, 1.165) is 10.2 Å². The third-order valence-corrected chi connectivity index (χ3v) is 4.53. The molecule has 8 nitrogen and oxygen atoms in total. The van der Waals surface area contributed by atoms with Gasteiger partial charge in [-0.3, -0.25) is 5.40 Å². The van der Waals surface area contributed by atoms with Gasteiger partial charge in [0.25, 0.3) is 0 Å². The van der Waals surface area contributed by atoms with Gasteiger partial charge in [0.2, 0.25) is 0 Å². The van der Waals surface area contributed by atoms with E-state index in [-0.39, 0.29) is 0 Å². The van der Waals surface area contributed by atoms with Crippen LogP contribution in [0, 0.1) is 5.40 Å². The molecule has 0 spiro atoms. The number of carbonyl (C=O) groups is 2. The first-order valence-corrected chi connectivity index (χ1v) is 9.41. The number of benzene rings is 1. The van der Waals surface area contributed by atoms with Crippen molar-refractivity contribution in [2.24, 2.45) is 0 Å². The maximum absolute atomic E-state index is 11.9. The molecule has 0 saturated heterocycles. The number of ether oxygens (including phenoxy) is 3. The summed E-state index contributed by atoms with van der Waals surface area (Å²) in [5, 5.41) is 6.22. The van der Waals surface area contributed by atoms with Crippen LogP contribution < -0.4 is 14.9 Å². The summed E-state index contributed by atoms with van der Waals surface area (Å²) in [4.78, 5) is 24.0. The summed E-state index contributed by atoms with van der Waals surface area (Å²) < 4.78 is 25.4. The zero-order chi connectivity index (χ0) is 21.6. The summed E-state index contributed by atoms with van der Waals surface area (Å²) in [5.41, 5.74) is 0.531. The number of hydrogen-bond acceptors (Lipinski definition) is 7. The van der Waals surface area contributed by atoms with Crippen molar-refractivity contribution < 1.29 is 25.2 Å². The lowest BCUT2D eigenvalue weighted by Crippen LogP contribution is -2.32. The standard InChI is InChI=1S/C19H25N3O5S/c1-19(2,3)27-18(24)21-8-6-7-9-22-15-13(25-4)10-12(16(23)26-5)11-14(15)28-17(22)20/h6-7,10-11,20H,8-9H2,1-5H3,(H,21,24)/b7-6?,20-17+. The average Bonchev–Trinajstić information content (AvgIpc) is 3.02. The Bertz CT molecular complexity index is 988. The molecule has 0 aliphatic rings. The van der Waals surface area contributed by atoms with Crippen molar-refractivity contribution in [3.63, 3.8) is 0 Å². The van der Waals surface area contributed by atoms with E-state index in [2.05, 4.69) is 10.7 Å². The van der Waals surface area contributed by atoms with E-state index < -0.39 is 17.7 Å². The van der Waals surface area contributed by atoms with Gasteiger partial charge in [-0.15, -0.1) is 0 Å². The molecule has 2 aromatic rings. The predicted octanol–water partition coefficient (Wildman–Crippen LogP) is 3.06. The Labute approximate surface area is 168 Å². The van der Waals surface area contributed by atoms with Gasteiger partial charge in [0.05, 0.1) is 24.5 Å². The molecule has 2 rings (SSSR count). The quantitative estimate of drug-likeness (QED) is 0.566. The molecular weight excluding hydrogens is 382 g/mol. The largest absolute Gasteiger partial charge is 0.494 e. The van der Waals surface area contributed by atoms with Crippen LogP contribution in [0.2, 0.25) is 1.41 Å². The number of esters is 1. The lowest BCUT2D eigenvalue weighted by atomic mass is 10.2. The van der Waals surface area contributed by atoms with Crippen molar-refractivity contribution in [1.29, 1.82) is 5.40 Å². The highest BCUT2D eigenvalue weighted by Crippen LogP contribution is 2.29. The number of thiazole rings is 1. The van der Waals surface area contributed by atoms with E-state index in [0.29, 0.717) is 29.2 Å². The molecule has 28 heavy (non-hydrogen) atoms. The predicted molar refractivity (Wildman–Crippen MR) is 107 cm³/mol. The molecule has 0 bridgehead atoms. The summed E-state index contributed by atoms with van der Waals surface area (Å²) in [6, 6.07) is 3.28. The van der Waals surface area contributed by atoms with Gasteiger partial charge in [0.15, 0.2) is 6.21 Å². The van der Waals surface area contributed by atoms with Crippen molar-refractivity contribution in [2.45, 2.75) is 32.9 Å². The van der Waals surface area contributed by atoms with Crippen molar-refractivity contribution in [1.82, 2.24) is 9.88 Å². The number of hydrogen-bond donors (Lipinski definition) is 2. The molecule has 0 aliphatic heterocycles. The Balaban J connectivity index is 2.22. The Morgan fingerprint density at radius 1 is 1.32 bits per heavy atom. The lowest BCUT2D eigenvalue weighted by Gasteiger charge is -2.19. The van der Waals surface area contributed by atoms with Gasteiger partial charge in [0, 0.05) is 13.1 Å². The minimum Gasteiger partial charge on any atom is -0.494 e. The van der Waals surface area contributed by atoms with Gasteiger partial charge in [0.1, 0.15) is 16.9 Å². The monoisotopic (exact) mass is 407 g/mol. The Morgan fingerprint density at radius 3 is 2.68 bits per heavy atom. The Morgan fingerprint density at radius 2 is 2.07 bits per heavy atom. The number of alkyl carbamates (subject to hydrolysis) is 1. The maximum atomic E-state index is 11.9. The number of carbonyl (C=O) groups excluding carboxylic acids is 2. The number of nitrogens with zero attached hydrogens (tertiary/aromatic N) is 1. The molecule has 9 heteroatoms. The van der Waals surface area contributed by atoms with Crippen LogP contribution in [-0.4, -0.2) is 43.0 Å². The summed E-state index contributed by atoms with van der Waals surface area (Å²) in [7, 11) is 2.82. The van der Waals surface area contributed by atoms with Gasteiger partial charge >= 0.3 is 12.1 Å². The van der Waals surface area contributed by atoms with Gasteiger partial charge in [-0.1, -0.05) is 23.5 Å². The van der Waals surface area contributed by atoms with Crippen LogP contribution in [0.4, 0.5) is 4.79 Å². The number of nitrogens with one attached hydrogen (secondary N) is 2. The van der Waals surface area contributed by atoms with E-state index >= 15 is 0 Å². The second kappa shape index (κ2) is 8.92. The second-order valence-corrected chi connectivity index (χ2v) is 7.88. The van der Waals surface area contributed by atoms with Crippen LogP contribution in [0.1, 0.15) is 31.1 Å². The minimum atomic E-state index is -0.552. The van der Waals surface area contributed by atoms with Crippen LogP contribution in [-0.2, 0) is 16.0 Å². The van der Waals surface area contributed by atoms with Crippen LogP contribution in [0.3, 0.4) is 0 Å². The van der Waals surface area contributed by atoms with Crippen molar-refractivity contribution >= 4 is 33.6 Å². The number of fused-ring (bicyclic) bond motifs is 1. The minimum absolute atomic E-state index is 0.300. The fourth-order valence-electron chi connectivity index (χ4n) is 2.46. The van der Waals surface area contributed by atoms with Crippen LogP contribution in [0.15, 0.2) is 24.3 Å². The fraction of sp³-hybridized carbons (Fsp3) is 0.421. The van der Waals surface area contributed by atoms with E-state index in [1.807, 2.05) is 6.08 Å². The third kappa shape index (κ3) is 5.35. The molecule has 2 N–H and O–H groups in total. The highest BCUT2D eigenvalue weighted by Gasteiger charge is 2.16. The molecule has 0 saturated carbocycles. The van der Waals surface area contributed by atoms with Gasteiger partial charge in [-0.05, 0) is 32.9 Å². The number of allylic oxidation sites excluding steroid dienone is 1. The van der Waals surface area contributed by atoms with E-state index in [1.54, 1.807) is 43.5 Å². The molecular formula is C19H25N3O5S. The molecule has 152 valence electrons. The molecule has 0 radical (unpaired) electrons. The SMILES string of the molecule is [H]/N=c1/sc2cc(C(=O)OC)cc(OC)c2n1CC=CCNC(=O)OC(C)(C)C. The van der Waals surface area contributed by atoms with Crippen molar-refractivity contribution in [3.8, 4) is 5.75 Å².